The number of nitrogens with zero attached hydrogens (tertiary/aromatic N) is 2. The highest BCUT2D eigenvalue weighted by Crippen LogP contribution is 2.47. The van der Waals surface area contributed by atoms with E-state index in [0.29, 0.717) is 16.8 Å². The molecule has 4 nitrogen and oxygen atoms in total. The first-order chi connectivity index (χ1) is 12.7. The number of carbonyl (C=O) groups excluding carboxylic acids is 2. The molecule has 0 saturated carbocycles. The van der Waals surface area contributed by atoms with E-state index in [4.69, 9.17) is 0 Å². The van der Waals surface area contributed by atoms with Gasteiger partial charge in [0.2, 0.25) is 0 Å². The lowest BCUT2D eigenvalue weighted by Crippen LogP contribution is -2.48. The molecule has 0 radical (unpaired) electrons. The fourth-order valence-electron chi connectivity index (χ4n) is 3.78. The standard InChI is InChI=1S/C21H13BrN2O2/c22-13-6-5-7-14(12-13)23-19-15-8-1-2-9-16(15)20(25)24(19)18-11-4-3-10-17(18)21(23)26/h1-12,19H. The lowest BCUT2D eigenvalue weighted by molar-refractivity contribution is 0.0949. The average molecular weight is 405 g/mol. The minimum Gasteiger partial charge on any atom is -0.282 e. The van der Waals surface area contributed by atoms with E-state index in [1.165, 1.54) is 0 Å². The summed E-state index contributed by atoms with van der Waals surface area (Å²) < 4.78 is 0.880. The molecule has 26 heavy (non-hydrogen) atoms. The smallest absolute Gasteiger partial charge is 0.262 e. The number of amides is 2. The second-order valence-electron chi connectivity index (χ2n) is 6.31. The molecule has 2 aliphatic heterocycles. The quantitative estimate of drug-likeness (QED) is 0.585. The molecule has 0 fully saturated rings. The van der Waals surface area contributed by atoms with Crippen molar-refractivity contribution in [2.45, 2.75) is 6.17 Å². The molecular formula is C21H13BrN2O2. The van der Waals surface area contributed by atoms with Crippen molar-refractivity contribution in [3.63, 3.8) is 0 Å². The zero-order valence-electron chi connectivity index (χ0n) is 13.6. The van der Waals surface area contributed by atoms with Gasteiger partial charge in [-0.1, -0.05) is 52.3 Å². The zero-order chi connectivity index (χ0) is 17.8. The van der Waals surface area contributed by atoms with Crippen LogP contribution in [0.5, 0.6) is 0 Å². The van der Waals surface area contributed by atoms with Crippen molar-refractivity contribution in [3.05, 3.63) is 94.0 Å². The average Bonchev–Trinajstić information content (AvgIpc) is 2.96. The highest BCUT2D eigenvalue weighted by atomic mass is 79.9. The maximum Gasteiger partial charge on any atom is 0.262 e. The highest BCUT2D eigenvalue weighted by Gasteiger charge is 2.48. The van der Waals surface area contributed by atoms with E-state index >= 15 is 0 Å². The summed E-state index contributed by atoms with van der Waals surface area (Å²) in [6.45, 7) is 0. The predicted octanol–water partition coefficient (Wildman–Crippen LogP) is 4.77. The third kappa shape index (κ3) is 2.01. The molecule has 2 aliphatic rings. The molecule has 2 heterocycles. The molecular weight excluding hydrogens is 392 g/mol. The summed E-state index contributed by atoms with van der Waals surface area (Å²) in [4.78, 5) is 29.9. The first-order valence-electron chi connectivity index (χ1n) is 8.27. The van der Waals surface area contributed by atoms with E-state index in [1.807, 2.05) is 66.7 Å². The molecule has 0 N–H and O–H groups in total. The van der Waals surface area contributed by atoms with Gasteiger partial charge in [-0.15, -0.1) is 0 Å². The van der Waals surface area contributed by atoms with Crippen LogP contribution >= 0.6 is 15.9 Å². The highest BCUT2D eigenvalue weighted by molar-refractivity contribution is 9.10. The summed E-state index contributed by atoms with van der Waals surface area (Å²) in [5.41, 5.74) is 3.43. The van der Waals surface area contributed by atoms with Gasteiger partial charge in [0.15, 0.2) is 0 Å². The molecule has 1 unspecified atom stereocenters. The molecule has 2 amide bonds. The number of hydrogen-bond donors (Lipinski definition) is 0. The molecule has 0 bridgehead atoms. The lowest BCUT2D eigenvalue weighted by atomic mass is 10.0. The molecule has 0 spiro atoms. The molecule has 5 rings (SSSR count). The number of carbonyl (C=O) groups is 2. The molecule has 0 aromatic heterocycles. The maximum atomic E-state index is 13.4. The van der Waals surface area contributed by atoms with Crippen LogP contribution in [0.1, 0.15) is 32.4 Å². The Labute approximate surface area is 158 Å². The van der Waals surface area contributed by atoms with Crippen LogP contribution in [-0.2, 0) is 0 Å². The zero-order valence-corrected chi connectivity index (χ0v) is 15.2. The minimum absolute atomic E-state index is 0.0782. The fourth-order valence-corrected chi connectivity index (χ4v) is 4.17. The Bertz CT molecular complexity index is 1080. The minimum atomic E-state index is -0.476. The van der Waals surface area contributed by atoms with Gasteiger partial charge in [-0.3, -0.25) is 19.4 Å². The van der Waals surface area contributed by atoms with E-state index < -0.39 is 6.17 Å². The van der Waals surface area contributed by atoms with E-state index in [-0.39, 0.29) is 11.8 Å². The topological polar surface area (TPSA) is 40.6 Å². The Morgan fingerprint density at radius 1 is 0.731 bits per heavy atom. The van der Waals surface area contributed by atoms with Crippen LogP contribution < -0.4 is 9.80 Å². The molecule has 3 aromatic rings. The van der Waals surface area contributed by atoms with Crippen LogP contribution in [0.25, 0.3) is 0 Å². The third-order valence-electron chi connectivity index (χ3n) is 4.88. The second kappa shape index (κ2) is 5.54. The predicted molar refractivity (Wildman–Crippen MR) is 103 cm³/mol. The van der Waals surface area contributed by atoms with E-state index in [1.54, 1.807) is 15.9 Å². The van der Waals surface area contributed by atoms with Gasteiger partial charge >= 0.3 is 0 Å². The number of benzene rings is 3. The van der Waals surface area contributed by atoms with E-state index in [9.17, 15) is 9.59 Å². The first kappa shape index (κ1) is 15.3. The number of anilines is 2. The molecule has 0 saturated heterocycles. The Hall–Kier alpha value is -2.92. The van der Waals surface area contributed by atoms with Gasteiger partial charge in [-0.2, -0.15) is 0 Å². The van der Waals surface area contributed by atoms with Crippen LogP contribution in [0.4, 0.5) is 11.4 Å². The summed E-state index contributed by atoms with van der Waals surface area (Å²) in [5.74, 6) is -0.185. The molecule has 3 aromatic carbocycles. The largest absolute Gasteiger partial charge is 0.282 e. The van der Waals surface area contributed by atoms with Gasteiger partial charge in [-0.05, 0) is 36.4 Å². The van der Waals surface area contributed by atoms with Crippen molar-refractivity contribution in [2.24, 2.45) is 0 Å². The number of halogens is 1. The number of hydrogen-bond acceptors (Lipinski definition) is 2. The van der Waals surface area contributed by atoms with E-state index in [2.05, 4.69) is 15.9 Å². The van der Waals surface area contributed by atoms with E-state index in [0.717, 1.165) is 15.7 Å². The van der Waals surface area contributed by atoms with Crippen molar-refractivity contribution < 1.29 is 9.59 Å². The first-order valence-corrected chi connectivity index (χ1v) is 9.07. The monoisotopic (exact) mass is 404 g/mol. The van der Waals surface area contributed by atoms with Crippen LogP contribution in [0.2, 0.25) is 0 Å². The summed E-state index contributed by atoms with van der Waals surface area (Å²) in [7, 11) is 0. The SMILES string of the molecule is O=C1c2ccccc2N2C(=O)c3ccccc3C2N1c1cccc(Br)c1. The Kier molecular flexibility index (Phi) is 3.27. The van der Waals surface area contributed by atoms with Crippen molar-refractivity contribution in [1.82, 2.24) is 0 Å². The molecule has 1 atom stereocenters. The van der Waals surface area contributed by atoms with Gasteiger partial charge < -0.3 is 0 Å². The third-order valence-corrected chi connectivity index (χ3v) is 5.37. The lowest BCUT2D eigenvalue weighted by Gasteiger charge is -2.40. The fraction of sp³-hybridized carbons (Fsp3) is 0.0476. The van der Waals surface area contributed by atoms with Gasteiger partial charge in [-0.25, -0.2) is 0 Å². The van der Waals surface area contributed by atoms with Gasteiger partial charge in [0.25, 0.3) is 11.8 Å². The van der Waals surface area contributed by atoms with Gasteiger partial charge in [0, 0.05) is 21.3 Å². The summed E-state index contributed by atoms with van der Waals surface area (Å²) in [6, 6.07) is 22.4. The number of fused-ring (bicyclic) bond motifs is 5. The summed E-state index contributed by atoms with van der Waals surface area (Å²) in [6.07, 6.45) is -0.476. The van der Waals surface area contributed by atoms with Gasteiger partial charge in [0.1, 0.15) is 6.17 Å². The maximum absolute atomic E-state index is 13.4. The van der Waals surface area contributed by atoms with Crippen molar-refractivity contribution in [2.75, 3.05) is 9.80 Å². The Morgan fingerprint density at radius 3 is 2.23 bits per heavy atom. The molecule has 0 aliphatic carbocycles. The van der Waals surface area contributed by atoms with Crippen molar-refractivity contribution >= 4 is 39.1 Å². The van der Waals surface area contributed by atoms with Crippen LogP contribution in [0, 0.1) is 0 Å². The van der Waals surface area contributed by atoms with Crippen LogP contribution in [-0.4, -0.2) is 11.8 Å². The Balaban J connectivity index is 1.80. The van der Waals surface area contributed by atoms with Crippen molar-refractivity contribution in [3.8, 4) is 0 Å². The van der Waals surface area contributed by atoms with Crippen molar-refractivity contribution in [1.29, 1.82) is 0 Å². The number of rotatable bonds is 1. The van der Waals surface area contributed by atoms with Gasteiger partial charge in [0.05, 0.1) is 11.3 Å². The second-order valence-corrected chi connectivity index (χ2v) is 7.22. The molecule has 5 heteroatoms. The van der Waals surface area contributed by atoms with Crippen LogP contribution in [0.3, 0.4) is 0 Å². The number of para-hydroxylation sites is 1. The summed E-state index contributed by atoms with van der Waals surface area (Å²) >= 11 is 3.48. The molecule has 126 valence electrons. The Morgan fingerprint density at radius 2 is 1.42 bits per heavy atom. The normalized spacial score (nSPS) is 17.8. The summed E-state index contributed by atoms with van der Waals surface area (Å²) in [5, 5.41) is 0. The van der Waals surface area contributed by atoms with Crippen LogP contribution in [0.15, 0.2) is 77.3 Å².